The molecule has 0 aromatic heterocycles. The summed E-state index contributed by atoms with van der Waals surface area (Å²) in [4.78, 5) is 11.5. The Bertz CT molecular complexity index is 364. The van der Waals surface area contributed by atoms with Gasteiger partial charge >= 0.3 is 6.09 Å². The summed E-state index contributed by atoms with van der Waals surface area (Å²) in [6.07, 6.45) is 3.25. The van der Waals surface area contributed by atoms with E-state index in [0.717, 1.165) is 0 Å². The topological polar surface area (TPSA) is 38.3 Å². The molecule has 0 aromatic rings. The van der Waals surface area contributed by atoms with Gasteiger partial charge in [0.25, 0.3) is 0 Å². The zero-order chi connectivity index (χ0) is 14.4. The number of carbonyl (C=O) groups is 1. The van der Waals surface area contributed by atoms with Crippen LogP contribution in [-0.2, 0) is 4.74 Å². The number of amides is 1. The highest BCUT2D eigenvalue weighted by molar-refractivity contribution is 6.83. The van der Waals surface area contributed by atoms with Gasteiger partial charge in [-0.25, -0.2) is 4.79 Å². The summed E-state index contributed by atoms with van der Waals surface area (Å²) in [6.45, 7) is 14.0. The Kier molecular flexibility index (Phi) is 6.20. The van der Waals surface area contributed by atoms with E-state index in [9.17, 15) is 4.79 Å². The minimum Gasteiger partial charge on any atom is -0.444 e. The molecule has 0 aliphatic rings. The Morgan fingerprint density at radius 3 is 2.33 bits per heavy atom. The third-order valence-corrected chi connectivity index (χ3v) is 2.55. The van der Waals surface area contributed by atoms with Crippen LogP contribution >= 0.6 is 0 Å². The van der Waals surface area contributed by atoms with Gasteiger partial charge in [-0.05, 0) is 33.8 Å². The fraction of sp³-hybridized carbons (Fsp3) is 0.643. The third-order valence-electron chi connectivity index (χ3n) is 1.66. The van der Waals surface area contributed by atoms with E-state index in [4.69, 9.17) is 4.74 Å². The first-order chi connectivity index (χ1) is 7.99. The Morgan fingerprint density at radius 2 is 1.89 bits per heavy atom. The highest BCUT2D eigenvalue weighted by atomic mass is 28.3. The smallest absolute Gasteiger partial charge is 0.408 e. The fourth-order valence-electron chi connectivity index (χ4n) is 0.992. The first kappa shape index (κ1) is 16.8. The molecule has 1 atom stereocenters. The monoisotopic (exact) mass is 267 g/mol. The molecule has 0 unspecified atom stereocenters. The summed E-state index contributed by atoms with van der Waals surface area (Å²) >= 11 is 0. The molecule has 4 heteroatoms. The second-order valence-electron chi connectivity index (χ2n) is 6.31. The first-order valence-corrected chi connectivity index (χ1v) is 9.68. The van der Waals surface area contributed by atoms with Crippen molar-refractivity contribution in [3.63, 3.8) is 0 Å². The van der Waals surface area contributed by atoms with Crippen molar-refractivity contribution in [2.45, 2.75) is 59.0 Å². The van der Waals surface area contributed by atoms with Gasteiger partial charge in [-0.3, -0.25) is 0 Å². The van der Waals surface area contributed by atoms with Crippen molar-refractivity contribution in [2.75, 3.05) is 0 Å². The third kappa shape index (κ3) is 11.3. The molecule has 0 aromatic carbocycles. The number of allylic oxidation sites excluding steroid dienone is 1. The van der Waals surface area contributed by atoms with Crippen molar-refractivity contribution < 1.29 is 9.53 Å². The second kappa shape index (κ2) is 6.65. The minimum atomic E-state index is -1.32. The molecule has 1 N–H and O–H groups in total. The van der Waals surface area contributed by atoms with E-state index in [1.54, 1.807) is 6.08 Å². The number of hydrogen-bond acceptors (Lipinski definition) is 2. The van der Waals surface area contributed by atoms with Crippen LogP contribution in [0.15, 0.2) is 12.2 Å². The lowest BCUT2D eigenvalue weighted by atomic mass is 10.2. The quantitative estimate of drug-likeness (QED) is 0.615. The van der Waals surface area contributed by atoms with Crippen LogP contribution in [0.1, 0.15) is 27.7 Å². The van der Waals surface area contributed by atoms with Crippen LogP contribution < -0.4 is 5.32 Å². The summed E-state index contributed by atoms with van der Waals surface area (Å²) in [7, 11) is -1.32. The maximum atomic E-state index is 11.5. The largest absolute Gasteiger partial charge is 0.444 e. The van der Waals surface area contributed by atoms with E-state index in [1.807, 2.05) is 33.8 Å². The van der Waals surface area contributed by atoms with E-state index in [1.165, 1.54) is 0 Å². The van der Waals surface area contributed by atoms with Gasteiger partial charge in [0.05, 0.1) is 0 Å². The standard InChI is InChI=1S/C14H25NO2Si/c1-12(10-8-9-11-18(5,6)7)15-13(16)17-14(2,3)4/h8,10,12H,1-7H3,(H,15,16)/b10-8+/t12-/m1/s1. The lowest BCUT2D eigenvalue weighted by Crippen LogP contribution is -2.36. The van der Waals surface area contributed by atoms with E-state index < -0.39 is 19.8 Å². The molecule has 0 heterocycles. The molecule has 0 aliphatic heterocycles. The molecule has 102 valence electrons. The highest BCUT2D eigenvalue weighted by Gasteiger charge is 2.16. The molecule has 0 spiro atoms. The van der Waals surface area contributed by atoms with Crippen LogP contribution in [0.5, 0.6) is 0 Å². The van der Waals surface area contributed by atoms with Gasteiger partial charge in [-0.1, -0.05) is 31.6 Å². The highest BCUT2D eigenvalue weighted by Crippen LogP contribution is 2.06. The van der Waals surface area contributed by atoms with E-state index >= 15 is 0 Å². The van der Waals surface area contributed by atoms with Gasteiger partial charge in [0.2, 0.25) is 0 Å². The van der Waals surface area contributed by atoms with Crippen LogP contribution in [0.4, 0.5) is 4.79 Å². The summed E-state index contributed by atoms with van der Waals surface area (Å²) in [5, 5.41) is 2.73. The molecule has 0 saturated carbocycles. The van der Waals surface area contributed by atoms with Crippen molar-refractivity contribution in [3.05, 3.63) is 12.2 Å². The molecule has 1 amide bonds. The van der Waals surface area contributed by atoms with E-state index in [-0.39, 0.29) is 6.04 Å². The number of carbonyl (C=O) groups excluding carboxylic acids is 1. The average molecular weight is 267 g/mol. The maximum absolute atomic E-state index is 11.5. The van der Waals surface area contributed by atoms with Crippen LogP contribution in [0.3, 0.4) is 0 Å². The summed E-state index contributed by atoms with van der Waals surface area (Å²) < 4.78 is 5.16. The summed E-state index contributed by atoms with van der Waals surface area (Å²) in [5.74, 6) is 3.02. The van der Waals surface area contributed by atoms with Crippen LogP contribution in [0.2, 0.25) is 19.6 Å². The van der Waals surface area contributed by atoms with Gasteiger partial charge in [0.15, 0.2) is 0 Å². The number of alkyl carbamates (subject to hydrolysis) is 1. The molecule has 0 saturated heterocycles. The molecule has 0 aliphatic carbocycles. The molecular formula is C14H25NO2Si. The molecule has 0 bridgehead atoms. The Balaban J connectivity index is 4.19. The predicted molar refractivity (Wildman–Crippen MR) is 79.1 cm³/mol. The van der Waals surface area contributed by atoms with Gasteiger partial charge in [-0.15, -0.1) is 5.54 Å². The molecule has 0 rings (SSSR count). The van der Waals surface area contributed by atoms with Crippen molar-refractivity contribution >= 4 is 14.2 Å². The first-order valence-electron chi connectivity index (χ1n) is 6.18. The number of ether oxygens (including phenoxy) is 1. The van der Waals surface area contributed by atoms with Crippen molar-refractivity contribution in [1.82, 2.24) is 5.32 Å². The van der Waals surface area contributed by atoms with Crippen molar-refractivity contribution in [1.29, 1.82) is 0 Å². The number of nitrogens with one attached hydrogen (secondary N) is 1. The number of hydrogen-bond donors (Lipinski definition) is 1. The average Bonchev–Trinajstić information content (AvgIpc) is 2.07. The molecule has 3 nitrogen and oxygen atoms in total. The van der Waals surface area contributed by atoms with Crippen LogP contribution in [-0.4, -0.2) is 25.8 Å². The van der Waals surface area contributed by atoms with E-state index in [2.05, 4.69) is 36.4 Å². The van der Waals surface area contributed by atoms with Gasteiger partial charge in [0.1, 0.15) is 13.7 Å². The predicted octanol–water partition coefficient (Wildman–Crippen LogP) is 3.34. The van der Waals surface area contributed by atoms with Crippen molar-refractivity contribution in [3.8, 4) is 11.5 Å². The fourth-order valence-corrected chi connectivity index (χ4v) is 1.51. The lowest BCUT2D eigenvalue weighted by molar-refractivity contribution is 0.0518. The molecule has 0 fully saturated rings. The zero-order valence-corrected chi connectivity index (χ0v) is 13.5. The van der Waals surface area contributed by atoms with Crippen LogP contribution in [0, 0.1) is 11.5 Å². The zero-order valence-electron chi connectivity index (χ0n) is 12.5. The molecule has 18 heavy (non-hydrogen) atoms. The normalized spacial score (nSPS) is 13.7. The summed E-state index contributed by atoms with van der Waals surface area (Å²) in [6, 6.07) is -0.0872. The van der Waals surface area contributed by atoms with Crippen LogP contribution in [0.25, 0.3) is 0 Å². The SMILES string of the molecule is C[C@H](/C=C/C#C[Si](C)(C)C)NC(=O)OC(C)(C)C. The van der Waals surface area contributed by atoms with Gasteiger partial charge in [0, 0.05) is 6.04 Å². The maximum Gasteiger partial charge on any atom is 0.408 e. The second-order valence-corrected chi connectivity index (χ2v) is 11.1. The Morgan fingerprint density at radius 1 is 1.33 bits per heavy atom. The van der Waals surface area contributed by atoms with Crippen molar-refractivity contribution in [2.24, 2.45) is 0 Å². The Labute approximate surface area is 112 Å². The lowest BCUT2D eigenvalue weighted by Gasteiger charge is -2.20. The molecule has 0 radical (unpaired) electrons. The van der Waals surface area contributed by atoms with Gasteiger partial charge in [-0.2, -0.15) is 0 Å². The minimum absolute atomic E-state index is 0.0872. The van der Waals surface area contributed by atoms with Gasteiger partial charge < -0.3 is 10.1 Å². The van der Waals surface area contributed by atoms with E-state index in [0.29, 0.717) is 0 Å². The Hall–Kier alpha value is -1.21. The number of rotatable bonds is 2. The molecular weight excluding hydrogens is 242 g/mol. The summed E-state index contributed by atoms with van der Waals surface area (Å²) in [5.41, 5.74) is 2.76.